The Labute approximate surface area is 308 Å². The molecule has 2 unspecified atom stereocenters. The van der Waals surface area contributed by atoms with Crippen LogP contribution in [0.15, 0.2) is 0 Å². The normalized spacial score (nSPS) is 19.4. The van der Waals surface area contributed by atoms with Crippen molar-refractivity contribution in [3.8, 4) is 0 Å². The SMILES string of the molecule is CC(C)(CO)C(O)C(=O)NCCC(=O)[O-].CC(C)(CO)C(O)C(=O)NCCC(=O)[O-].O=C(O)CCCC[C@@H]1SC[C@@H]2NC(=O)N[C@@H]21.[Ca+2]. The summed E-state index contributed by atoms with van der Waals surface area (Å²) in [5, 5.41) is 76.0. The molecule has 0 aromatic carbocycles. The molecule has 2 aliphatic heterocycles. The van der Waals surface area contributed by atoms with Crippen molar-refractivity contribution in [2.75, 3.05) is 32.1 Å². The zero-order valence-corrected chi connectivity index (χ0v) is 30.3. The summed E-state index contributed by atoms with van der Waals surface area (Å²) in [5.74, 6) is -3.71. The van der Waals surface area contributed by atoms with Crippen molar-refractivity contribution in [2.24, 2.45) is 10.8 Å². The molecule has 9 N–H and O–H groups in total. The maximum absolute atomic E-state index is 11.2. The summed E-state index contributed by atoms with van der Waals surface area (Å²) >= 11 is 1.87. The van der Waals surface area contributed by atoms with E-state index in [4.69, 9.17) is 15.3 Å². The zero-order valence-electron chi connectivity index (χ0n) is 27.3. The number of carbonyl (C=O) groups excluding carboxylic acids is 5. The van der Waals surface area contributed by atoms with Crippen molar-refractivity contribution in [3.05, 3.63) is 0 Å². The van der Waals surface area contributed by atoms with Crippen LogP contribution in [0.1, 0.15) is 66.2 Å². The quantitative estimate of drug-likeness (QED) is 0.0390. The van der Waals surface area contributed by atoms with Crippen LogP contribution in [0.4, 0.5) is 4.79 Å². The number of rotatable bonds is 17. The van der Waals surface area contributed by atoms with Gasteiger partial charge in [-0.15, -0.1) is 0 Å². The van der Waals surface area contributed by atoms with E-state index in [1.807, 2.05) is 11.8 Å². The Morgan fingerprint density at radius 3 is 1.68 bits per heavy atom. The van der Waals surface area contributed by atoms with E-state index in [0.717, 1.165) is 25.0 Å². The monoisotopic (exact) mass is 720 g/mol. The molecular formula is C28H48CaN4O13S. The van der Waals surface area contributed by atoms with Crippen molar-refractivity contribution in [1.82, 2.24) is 21.3 Å². The van der Waals surface area contributed by atoms with Crippen LogP contribution in [0, 0.1) is 10.8 Å². The molecule has 47 heavy (non-hydrogen) atoms. The van der Waals surface area contributed by atoms with Gasteiger partial charge in [-0.05, 0) is 12.8 Å². The minimum absolute atomic E-state index is 0. The number of hydrogen-bond donors (Lipinski definition) is 9. The van der Waals surface area contributed by atoms with Gasteiger partial charge in [0.2, 0.25) is 11.8 Å². The first-order chi connectivity index (χ1) is 21.3. The minimum Gasteiger partial charge on any atom is -0.550 e. The first kappa shape index (κ1) is 47.2. The Balaban J connectivity index is 0. The third-order valence-corrected chi connectivity index (χ3v) is 8.62. The Morgan fingerprint density at radius 1 is 0.851 bits per heavy atom. The maximum Gasteiger partial charge on any atom is 2.00 e. The Morgan fingerprint density at radius 2 is 1.30 bits per heavy atom. The first-order valence-electron chi connectivity index (χ1n) is 14.7. The third-order valence-electron chi connectivity index (χ3n) is 7.12. The number of urea groups is 1. The van der Waals surface area contributed by atoms with Crippen LogP contribution in [0.5, 0.6) is 0 Å². The van der Waals surface area contributed by atoms with Gasteiger partial charge in [-0.25, -0.2) is 4.79 Å². The van der Waals surface area contributed by atoms with Crippen LogP contribution in [-0.2, 0) is 24.0 Å². The average Bonchev–Trinajstić information content (AvgIpc) is 3.53. The summed E-state index contributed by atoms with van der Waals surface area (Å²) in [7, 11) is 0. The van der Waals surface area contributed by atoms with Gasteiger partial charge in [-0.1, -0.05) is 34.1 Å². The van der Waals surface area contributed by atoms with Crippen LogP contribution >= 0.6 is 11.8 Å². The van der Waals surface area contributed by atoms with Gasteiger partial charge in [0, 0.05) is 66.1 Å². The number of fused-ring (bicyclic) bond motifs is 1. The van der Waals surface area contributed by atoms with Crippen molar-refractivity contribution < 1.29 is 64.5 Å². The molecule has 0 radical (unpaired) electrons. The fraction of sp³-hybridized carbons (Fsp3) is 0.786. The van der Waals surface area contributed by atoms with Crippen LogP contribution in [-0.4, -0.2) is 161 Å². The molecule has 0 bridgehead atoms. The Hall–Kier alpha value is -1.93. The van der Waals surface area contributed by atoms with E-state index >= 15 is 0 Å². The fourth-order valence-corrected chi connectivity index (χ4v) is 5.46. The number of carboxylic acids is 3. The van der Waals surface area contributed by atoms with E-state index in [-0.39, 0.29) is 101 Å². The van der Waals surface area contributed by atoms with E-state index < -0.39 is 52.8 Å². The smallest absolute Gasteiger partial charge is 0.550 e. The molecule has 2 saturated heterocycles. The molecular weight excluding hydrogens is 672 g/mol. The molecule has 2 rings (SSSR count). The first-order valence-corrected chi connectivity index (χ1v) is 15.8. The van der Waals surface area contributed by atoms with E-state index in [2.05, 4.69) is 21.3 Å². The molecule has 0 saturated carbocycles. The Bertz CT molecular complexity index is 984. The van der Waals surface area contributed by atoms with Gasteiger partial charge in [0.15, 0.2) is 0 Å². The summed E-state index contributed by atoms with van der Waals surface area (Å²) in [6.07, 6.45) is -0.477. The molecule has 0 aromatic heterocycles. The number of carboxylic acid groups (broad SMARTS) is 3. The van der Waals surface area contributed by atoms with Crippen LogP contribution in [0.3, 0.4) is 0 Å². The standard InChI is InChI=1S/C10H16N2O3S.2C9H17NO5.Ca/c13-8(14)4-2-1-3-7-9-6(5-16-7)11-10(15)12-9;2*1-9(2,5-11)7(14)8(15)10-4-3-6(12)13;/h6-7,9H,1-5H2,(H,13,14)(H2,11,12,15);2*7,11,14H,3-5H2,1-2H3,(H,10,15)(H,12,13);/q;;;+2/p-2/t6-,7-,9-;;;/m0.../s1. The number of aliphatic hydroxyl groups excluding tert-OH is 4. The van der Waals surface area contributed by atoms with Crippen LogP contribution in [0.25, 0.3) is 0 Å². The number of unbranched alkanes of at least 4 members (excludes halogenated alkanes) is 1. The largest absolute Gasteiger partial charge is 2.00 e. The third kappa shape index (κ3) is 19.0. The molecule has 2 heterocycles. The molecule has 2 aliphatic rings. The van der Waals surface area contributed by atoms with Crippen LogP contribution in [0.2, 0.25) is 0 Å². The molecule has 0 spiro atoms. The second-order valence-corrected chi connectivity index (χ2v) is 13.5. The number of hydrogen-bond acceptors (Lipinski definition) is 13. The molecule has 19 heteroatoms. The molecule has 5 atom stereocenters. The number of thioether (sulfide) groups is 1. The van der Waals surface area contributed by atoms with Crippen LogP contribution < -0.4 is 31.5 Å². The summed E-state index contributed by atoms with van der Waals surface area (Å²) in [5.41, 5.74) is -1.91. The van der Waals surface area contributed by atoms with E-state index in [1.165, 1.54) is 27.7 Å². The van der Waals surface area contributed by atoms with Gasteiger partial charge in [-0.3, -0.25) is 14.4 Å². The summed E-state index contributed by atoms with van der Waals surface area (Å²) in [6, 6.07) is 0.440. The van der Waals surface area contributed by atoms with Crippen molar-refractivity contribution >= 4 is 85.3 Å². The van der Waals surface area contributed by atoms with Crippen molar-refractivity contribution in [2.45, 2.75) is 95.8 Å². The number of aliphatic carboxylic acids is 3. The van der Waals surface area contributed by atoms with Crippen molar-refractivity contribution in [1.29, 1.82) is 0 Å². The topological polar surface area (TPSA) is 298 Å². The Kier molecular flexibility index (Phi) is 23.5. The maximum atomic E-state index is 11.2. The van der Waals surface area contributed by atoms with E-state index in [9.17, 15) is 49.2 Å². The van der Waals surface area contributed by atoms with Gasteiger partial charge < -0.3 is 66.6 Å². The molecule has 4 amide bonds. The number of nitrogens with one attached hydrogen (secondary N) is 4. The number of aliphatic hydroxyl groups is 4. The summed E-state index contributed by atoms with van der Waals surface area (Å²) in [6.45, 7) is 5.21. The summed E-state index contributed by atoms with van der Waals surface area (Å²) in [4.78, 5) is 64.0. The average molecular weight is 721 g/mol. The molecule has 2 fully saturated rings. The predicted molar refractivity (Wildman–Crippen MR) is 166 cm³/mol. The van der Waals surface area contributed by atoms with Gasteiger partial charge in [0.25, 0.3) is 0 Å². The fourth-order valence-electron chi connectivity index (χ4n) is 3.92. The van der Waals surface area contributed by atoms with Gasteiger partial charge in [0.05, 0.1) is 25.3 Å². The zero-order chi connectivity index (χ0) is 35.7. The van der Waals surface area contributed by atoms with E-state index in [1.54, 1.807) is 0 Å². The molecule has 0 aromatic rings. The van der Waals surface area contributed by atoms with Gasteiger partial charge in [0.1, 0.15) is 12.2 Å². The van der Waals surface area contributed by atoms with Crippen molar-refractivity contribution in [3.63, 3.8) is 0 Å². The van der Waals surface area contributed by atoms with Gasteiger partial charge in [-0.2, -0.15) is 11.8 Å². The second-order valence-electron chi connectivity index (χ2n) is 12.2. The van der Waals surface area contributed by atoms with Gasteiger partial charge >= 0.3 is 49.7 Å². The van der Waals surface area contributed by atoms with E-state index in [0.29, 0.717) is 5.25 Å². The predicted octanol–water partition coefficient (Wildman–Crippen LogP) is -4.34. The number of carbonyl (C=O) groups is 6. The summed E-state index contributed by atoms with van der Waals surface area (Å²) < 4.78 is 0. The molecule has 0 aliphatic carbocycles. The second kappa shape index (κ2) is 23.4. The minimum atomic E-state index is -1.37. The number of amides is 4. The molecule has 17 nitrogen and oxygen atoms in total. The molecule has 266 valence electrons.